The molecule has 0 aliphatic heterocycles. The average molecular weight is 391 g/mol. The Morgan fingerprint density at radius 1 is 1.27 bits per heavy atom. The van der Waals surface area contributed by atoms with Crippen molar-refractivity contribution >= 4 is 39.7 Å². The van der Waals surface area contributed by atoms with Gasteiger partial charge >= 0.3 is 5.69 Å². The van der Waals surface area contributed by atoms with Crippen molar-refractivity contribution in [3.63, 3.8) is 0 Å². The SMILES string of the molecule is COc1ccc(C(=O)Nc2nnc(-c3ccccc3Cl)s2)cc1[N+](=O)[O-]. The van der Waals surface area contributed by atoms with Crippen molar-refractivity contribution in [1.29, 1.82) is 0 Å². The fraction of sp³-hybridized carbons (Fsp3) is 0.0625. The molecule has 0 saturated carbocycles. The minimum Gasteiger partial charge on any atom is -0.490 e. The Balaban J connectivity index is 1.82. The van der Waals surface area contributed by atoms with Crippen molar-refractivity contribution < 1.29 is 14.5 Å². The predicted molar refractivity (Wildman–Crippen MR) is 98.0 cm³/mol. The van der Waals surface area contributed by atoms with E-state index in [2.05, 4.69) is 15.5 Å². The maximum atomic E-state index is 12.3. The monoisotopic (exact) mass is 390 g/mol. The molecule has 3 aromatic rings. The average Bonchev–Trinajstić information content (AvgIpc) is 3.09. The highest BCUT2D eigenvalue weighted by molar-refractivity contribution is 7.18. The molecule has 0 fully saturated rings. The molecule has 0 aliphatic rings. The highest BCUT2D eigenvalue weighted by atomic mass is 35.5. The number of hydrogen-bond donors (Lipinski definition) is 1. The van der Waals surface area contributed by atoms with E-state index in [1.807, 2.05) is 6.07 Å². The molecule has 2 aromatic carbocycles. The summed E-state index contributed by atoms with van der Waals surface area (Å²) in [5.74, 6) is -0.471. The van der Waals surface area contributed by atoms with E-state index >= 15 is 0 Å². The molecule has 132 valence electrons. The summed E-state index contributed by atoms with van der Waals surface area (Å²) in [7, 11) is 1.32. The molecule has 0 unspecified atom stereocenters. The predicted octanol–water partition coefficient (Wildman–Crippen LogP) is 4.03. The number of methoxy groups -OCH3 is 1. The second kappa shape index (κ2) is 7.46. The first-order chi connectivity index (χ1) is 12.5. The standard InChI is InChI=1S/C16H11ClN4O4S/c1-25-13-7-6-9(8-12(13)21(23)24)14(22)18-16-20-19-15(26-16)10-4-2-3-5-11(10)17/h2-8H,1H3,(H,18,20,22). The van der Waals surface area contributed by atoms with Crippen molar-refractivity contribution in [2.24, 2.45) is 0 Å². The second-order valence-electron chi connectivity index (χ2n) is 4.99. The molecule has 1 heterocycles. The van der Waals surface area contributed by atoms with Gasteiger partial charge in [-0.1, -0.05) is 41.1 Å². The third-order valence-electron chi connectivity index (χ3n) is 3.39. The molecule has 26 heavy (non-hydrogen) atoms. The number of nitro groups is 1. The van der Waals surface area contributed by atoms with E-state index in [0.717, 1.165) is 17.4 Å². The van der Waals surface area contributed by atoms with Crippen LogP contribution in [0.15, 0.2) is 42.5 Å². The van der Waals surface area contributed by atoms with Gasteiger partial charge in [-0.25, -0.2) is 0 Å². The van der Waals surface area contributed by atoms with Crippen molar-refractivity contribution in [3.8, 4) is 16.3 Å². The van der Waals surface area contributed by atoms with Gasteiger partial charge in [-0.2, -0.15) is 0 Å². The van der Waals surface area contributed by atoms with Gasteiger partial charge in [0.25, 0.3) is 5.91 Å². The lowest BCUT2D eigenvalue weighted by atomic mass is 10.2. The Morgan fingerprint density at radius 3 is 2.73 bits per heavy atom. The van der Waals surface area contributed by atoms with Gasteiger partial charge in [0.05, 0.1) is 17.1 Å². The Bertz CT molecular complexity index is 992. The highest BCUT2D eigenvalue weighted by Gasteiger charge is 2.19. The number of amides is 1. The largest absolute Gasteiger partial charge is 0.490 e. The quantitative estimate of drug-likeness (QED) is 0.520. The number of benzene rings is 2. The molecule has 10 heteroatoms. The number of carbonyl (C=O) groups is 1. The van der Waals surface area contributed by atoms with Gasteiger partial charge in [-0.05, 0) is 18.2 Å². The number of rotatable bonds is 5. The van der Waals surface area contributed by atoms with Crippen LogP contribution in [0.1, 0.15) is 10.4 Å². The van der Waals surface area contributed by atoms with Gasteiger partial charge in [0, 0.05) is 17.2 Å². The number of aromatic nitrogens is 2. The molecule has 1 amide bonds. The number of halogens is 1. The van der Waals surface area contributed by atoms with Gasteiger partial charge in [-0.15, -0.1) is 10.2 Å². The van der Waals surface area contributed by atoms with E-state index in [4.69, 9.17) is 16.3 Å². The first-order valence-corrected chi connectivity index (χ1v) is 8.41. The first kappa shape index (κ1) is 17.8. The number of anilines is 1. The van der Waals surface area contributed by atoms with Crippen LogP contribution in [0, 0.1) is 10.1 Å². The minimum absolute atomic E-state index is 0.0727. The Hall–Kier alpha value is -3.04. The van der Waals surface area contributed by atoms with Crippen molar-refractivity contribution in [2.45, 2.75) is 0 Å². The van der Waals surface area contributed by atoms with Gasteiger partial charge in [0.2, 0.25) is 5.13 Å². The zero-order chi connectivity index (χ0) is 18.7. The highest BCUT2D eigenvalue weighted by Crippen LogP contribution is 2.32. The Morgan fingerprint density at radius 2 is 2.04 bits per heavy atom. The maximum absolute atomic E-state index is 12.3. The van der Waals surface area contributed by atoms with Crippen LogP contribution in [0.4, 0.5) is 10.8 Å². The molecular weight excluding hydrogens is 380 g/mol. The molecule has 0 aliphatic carbocycles. The summed E-state index contributed by atoms with van der Waals surface area (Å²) in [5.41, 5.74) is 0.508. The summed E-state index contributed by atoms with van der Waals surface area (Å²) >= 11 is 7.27. The van der Waals surface area contributed by atoms with Crippen LogP contribution >= 0.6 is 22.9 Å². The number of carbonyl (C=O) groups excluding carboxylic acids is 1. The van der Waals surface area contributed by atoms with E-state index in [1.165, 1.54) is 19.2 Å². The molecule has 1 aromatic heterocycles. The fourth-order valence-corrected chi connectivity index (χ4v) is 3.22. The van der Waals surface area contributed by atoms with Crippen LogP contribution in [0.3, 0.4) is 0 Å². The number of hydrogen-bond acceptors (Lipinski definition) is 7. The molecule has 0 radical (unpaired) electrons. The van der Waals surface area contributed by atoms with Crippen molar-refractivity contribution in [1.82, 2.24) is 10.2 Å². The maximum Gasteiger partial charge on any atom is 0.311 e. The van der Waals surface area contributed by atoms with Crippen LogP contribution in [0.2, 0.25) is 5.02 Å². The van der Waals surface area contributed by atoms with Crippen LogP contribution < -0.4 is 10.1 Å². The first-order valence-electron chi connectivity index (χ1n) is 7.22. The van der Waals surface area contributed by atoms with E-state index in [0.29, 0.717) is 15.6 Å². The van der Waals surface area contributed by atoms with E-state index in [9.17, 15) is 14.9 Å². The molecule has 3 rings (SSSR count). The molecular formula is C16H11ClN4O4S. The summed E-state index contributed by atoms with van der Waals surface area (Å²) in [6, 6.07) is 11.1. The molecule has 0 atom stereocenters. The summed E-state index contributed by atoms with van der Waals surface area (Å²) in [5, 5.41) is 22.9. The van der Waals surface area contributed by atoms with Gasteiger partial charge in [0.15, 0.2) is 10.8 Å². The smallest absolute Gasteiger partial charge is 0.311 e. The summed E-state index contributed by atoms with van der Waals surface area (Å²) < 4.78 is 4.92. The van der Waals surface area contributed by atoms with Crippen LogP contribution in [0.5, 0.6) is 5.75 Å². The van der Waals surface area contributed by atoms with E-state index < -0.39 is 10.8 Å². The second-order valence-corrected chi connectivity index (χ2v) is 6.37. The lowest BCUT2D eigenvalue weighted by Crippen LogP contribution is -2.12. The molecule has 0 spiro atoms. The Kier molecular flexibility index (Phi) is 5.10. The summed E-state index contributed by atoms with van der Waals surface area (Å²) in [4.78, 5) is 22.8. The van der Waals surface area contributed by atoms with Crippen LogP contribution in [-0.4, -0.2) is 28.1 Å². The lowest BCUT2D eigenvalue weighted by molar-refractivity contribution is -0.385. The zero-order valence-electron chi connectivity index (χ0n) is 13.3. The fourth-order valence-electron chi connectivity index (χ4n) is 2.16. The Labute approximate surface area is 156 Å². The zero-order valence-corrected chi connectivity index (χ0v) is 14.9. The molecule has 8 nitrogen and oxygen atoms in total. The van der Waals surface area contributed by atoms with E-state index in [-0.39, 0.29) is 22.1 Å². The van der Waals surface area contributed by atoms with Gasteiger partial charge in [-0.3, -0.25) is 20.2 Å². The topological polar surface area (TPSA) is 107 Å². The molecule has 0 bridgehead atoms. The van der Waals surface area contributed by atoms with Crippen LogP contribution in [0.25, 0.3) is 10.6 Å². The number of ether oxygens (including phenoxy) is 1. The lowest BCUT2D eigenvalue weighted by Gasteiger charge is -2.04. The summed E-state index contributed by atoms with van der Waals surface area (Å²) in [6.07, 6.45) is 0. The van der Waals surface area contributed by atoms with Gasteiger partial charge in [0.1, 0.15) is 0 Å². The molecule has 1 N–H and O–H groups in total. The normalized spacial score (nSPS) is 10.4. The summed E-state index contributed by atoms with van der Waals surface area (Å²) in [6.45, 7) is 0. The van der Waals surface area contributed by atoms with E-state index in [1.54, 1.807) is 18.2 Å². The number of nitro benzene ring substituents is 1. The van der Waals surface area contributed by atoms with Gasteiger partial charge < -0.3 is 4.74 Å². The third kappa shape index (κ3) is 3.63. The number of nitrogens with zero attached hydrogens (tertiary/aromatic N) is 3. The molecule has 0 saturated heterocycles. The minimum atomic E-state index is -0.615. The van der Waals surface area contributed by atoms with Crippen molar-refractivity contribution in [2.75, 3.05) is 12.4 Å². The van der Waals surface area contributed by atoms with Crippen LogP contribution in [-0.2, 0) is 0 Å². The van der Waals surface area contributed by atoms with Crippen molar-refractivity contribution in [3.05, 3.63) is 63.2 Å². The number of nitrogens with one attached hydrogen (secondary N) is 1. The third-order valence-corrected chi connectivity index (χ3v) is 4.59.